The molecule has 0 unspecified atom stereocenters. The summed E-state index contributed by atoms with van der Waals surface area (Å²) in [5.74, 6) is 0.179. The van der Waals surface area contributed by atoms with E-state index in [0.29, 0.717) is 36.9 Å². The average Bonchev–Trinajstić information content (AvgIpc) is 3.23. The number of rotatable bonds is 12. The summed E-state index contributed by atoms with van der Waals surface area (Å²) in [5.41, 5.74) is 3.35. The fraction of sp³-hybridized carbons (Fsp3) is 0.531. The molecule has 1 aliphatic heterocycles. The van der Waals surface area contributed by atoms with Gasteiger partial charge in [-0.05, 0) is 72.4 Å². The Hall–Kier alpha value is -2.75. The number of halogens is 1. The predicted molar refractivity (Wildman–Crippen MR) is 166 cm³/mol. The fourth-order valence-corrected chi connectivity index (χ4v) is 6.79. The van der Waals surface area contributed by atoms with Crippen LogP contribution in [0.4, 0.5) is 4.79 Å². The van der Waals surface area contributed by atoms with Crippen molar-refractivity contribution in [2.75, 3.05) is 19.7 Å². The number of nitrogens with zero attached hydrogens (tertiary/aromatic N) is 1. The number of aliphatic hydroxyl groups is 1. The van der Waals surface area contributed by atoms with E-state index >= 15 is 0 Å². The molecular weight excluding hydrogens is 574 g/mol. The van der Waals surface area contributed by atoms with Gasteiger partial charge in [0, 0.05) is 24.5 Å². The molecule has 2 aliphatic rings. The van der Waals surface area contributed by atoms with Gasteiger partial charge in [0.25, 0.3) is 0 Å². The highest BCUT2D eigenvalue weighted by atomic mass is 35.5. The maximum atomic E-state index is 13.4. The molecule has 42 heavy (non-hydrogen) atoms. The highest BCUT2D eigenvalue weighted by molar-refractivity contribution is 7.99. The maximum Gasteiger partial charge on any atom is 0.417 e. The van der Waals surface area contributed by atoms with Crippen LogP contribution in [0.1, 0.15) is 68.1 Å². The number of hydrogen-bond acceptors (Lipinski definition) is 6. The van der Waals surface area contributed by atoms with E-state index in [-0.39, 0.29) is 31.4 Å². The number of fused-ring (bicyclic) bond motifs is 1. The second kappa shape index (κ2) is 16.8. The number of amides is 3. The molecule has 8 nitrogen and oxygen atoms in total. The van der Waals surface area contributed by atoms with Gasteiger partial charge in [-0.1, -0.05) is 80.1 Å². The first-order valence-corrected chi connectivity index (χ1v) is 16.3. The minimum atomic E-state index is -0.634. The molecule has 1 heterocycles. The number of ether oxygens (including phenoxy) is 1. The molecule has 2 aromatic rings. The van der Waals surface area contributed by atoms with Gasteiger partial charge in [0.15, 0.2) is 0 Å². The van der Waals surface area contributed by atoms with Gasteiger partial charge in [-0.15, -0.1) is 0 Å². The van der Waals surface area contributed by atoms with Crippen LogP contribution in [-0.2, 0) is 33.8 Å². The summed E-state index contributed by atoms with van der Waals surface area (Å²) in [6, 6.07) is 14.8. The van der Waals surface area contributed by atoms with Gasteiger partial charge in [0.05, 0.1) is 12.6 Å². The molecule has 0 radical (unpaired) electrons. The third-order valence-electron chi connectivity index (χ3n) is 8.15. The van der Waals surface area contributed by atoms with Crippen molar-refractivity contribution in [1.29, 1.82) is 0 Å². The molecule has 0 spiro atoms. The maximum absolute atomic E-state index is 13.4. The highest BCUT2D eigenvalue weighted by Crippen LogP contribution is 2.30. The second-order valence-corrected chi connectivity index (χ2v) is 12.7. The molecule has 1 saturated carbocycles. The van der Waals surface area contributed by atoms with Gasteiger partial charge in [0.1, 0.15) is 11.9 Å². The van der Waals surface area contributed by atoms with Crippen LogP contribution in [-0.4, -0.2) is 58.9 Å². The molecule has 0 bridgehead atoms. The fourth-order valence-electron chi connectivity index (χ4n) is 5.73. The summed E-state index contributed by atoms with van der Waals surface area (Å²) in [4.78, 5) is 40.7. The number of carbonyl (C=O) groups is 3. The van der Waals surface area contributed by atoms with Crippen LogP contribution in [0.2, 0.25) is 5.02 Å². The van der Waals surface area contributed by atoms with E-state index in [1.165, 1.54) is 17.5 Å². The minimum Gasteiger partial charge on any atom is -0.444 e. The molecule has 0 saturated heterocycles. The lowest BCUT2D eigenvalue weighted by Gasteiger charge is -2.27. The van der Waals surface area contributed by atoms with Crippen molar-refractivity contribution in [3.63, 3.8) is 0 Å². The second-order valence-electron chi connectivity index (χ2n) is 11.2. The Morgan fingerprint density at radius 2 is 1.74 bits per heavy atom. The normalized spacial score (nSPS) is 17.0. The lowest BCUT2D eigenvalue weighted by Crippen LogP contribution is -2.44. The number of aliphatic hydroxyl groups excluding tert-OH is 1. The number of hydrogen-bond donors (Lipinski definition) is 3. The zero-order valence-electron chi connectivity index (χ0n) is 24.1. The van der Waals surface area contributed by atoms with Crippen molar-refractivity contribution >= 4 is 41.5 Å². The van der Waals surface area contributed by atoms with E-state index in [9.17, 15) is 19.5 Å². The van der Waals surface area contributed by atoms with E-state index in [4.69, 9.17) is 16.3 Å². The van der Waals surface area contributed by atoms with Crippen LogP contribution in [0.5, 0.6) is 0 Å². The Morgan fingerprint density at radius 3 is 2.40 bits per heavy atom. The predicted octanol–water partition coefficient (Wildman–Crippen LogP) is 5.44. The summed E-state index contributed by atoms with van der Waals surface area (Å²) in [6.45, 7) is 1.15. The van der Waals surface area contributed by atoms with Gasteiger partial charge < -0.3 is 20.1 Å². The van der Waals surface area contributed by atoms with Crippen LogP contribution >= 0.6 is 23.5 Å². The summed E-state index contributed by atoms with van der Waals surface area (Å²) in [6.07, 6.45) is 7.84. The lowest BCUT2D eigenvalue weighted by molar-refractivity contribution is -0.131. The molecule has 0 aromatic heterocycles. The van der Waals surface area contributed by atoms with Crippen molar-refractivity contribution in [2.45, 2.75) is 82.1 Å². The third kappa shape index (κ3) is 10.2. The zero-order chi connectivity index (χ0) is 29.7. The lowest BCUT2D eigenvalue weighted by atomic mass is 9.86. The van der Waals surface area contributed by atoms with Crippen LogP contribution in [0.15, 0.2) is 48.5 Å². The zero-order valence-corrected chi connectivity index (χ0v) is 25.6. The van der Waals surface area contributed by atoms with Crippen molar-refractivity contribution in [2.24, 2.45) is 5.92 Å². The average molecular weight is 616 g/mol. The number of nitrogens with one attached hydrogen (secondary N) is 2. The first kappa shape index (κ1) is 32.2. The first-order chi connectivity index (χ1) is 20.4. The van der Waals surface area contributed by atoms with Crippen molar-refractivity contribution < 1.29 is 24.2 Å². The standard InChI is InChI=1S/C32H42ClN3O5S/c33-27-12-6-9-24(19-27)22-41-32(40)35-42-29(20-23-7-2-1-3-8-23)31(39)34-28(21-37)13-14-30(38)36-17-15-25-10-4-5-11-26(25)16-18-36/h4-6,9-12,19,23,28-29,37H,1-3,7-8,13-18,20-22H2,(H,34,39)(H,35,40)/t28-,29-/m0/s1. The molecule has 4 rings (SSSR count). The van der Waals surface area contributed by atoms with Gasteiger partial charge in [-0.3, -0.25) is 14.3 Å². The summed E-state index contributed by atoms with van der Waals surface area (Å²) in [7, 11) is 0. The van der Waals surface area contributed by atoms with Gasteiger partial charge in [-0.2, -0.15) is 0 Å². The molecular formula is C32H42ClN3O5S. The topological polar surface area (TPSA) is 108 Å². The van der Waals surface area contributed by atoms with Crippen molar-refractivity contribution in [3.05, 3.63) is 70.2 Å². The van der Waals surface area contributed by atoms with Crippen LogP contribution < -0.4 is 10.0 Å². The Morgan fingerprint density at radius 1 is 1.02 bits per heavy atom. The van der Waals surface area contributed by atoms with E-state index < -0.39 is 17.4 Å². The monoisotopic (exact) mass is 615 g/mol. The van der Waals surface area contributed by atoms with Crippen LogP contribution in [0.25, 0.3) is 0 Å². The molecule has 2 aromatic carbocycles. The number of carbonyl (C=O) groups excluding carboxylic acids is 3. The molecule has 1 aliphatic carbocycles. The van der Waals surface area contributed by atoms with Gasteiger partial charge >= 0.3 is 6.09 Å². The van der Waals surface area contributed by atoms with Crippen molar-refractivity contribution in [3.8, 4) is 0 Å². The van der Waals surface area contributed by atoms with Crippen molar-refractivity contribution in [1.82, 2.24) is 14.9 Å². The Kier molecular flexibility index (Phi) is 12.8. The SMILES string of the molecule is O=C(NS[C@@H](CC1CCCCC1)C(=O)N[C@H](CO)CCC(=O)N1CCc2ccccc2CC1)OCc1cccc(Cl)c1. The quantitative estimate of drug-likeness (QED) is 0.275. The highest BCUT2D eigenvalue weighted by Gasteiger charge is 2.28. The largest absolute Gasteiger partial charge is 0.444 e. The molecule has 2 atom stereocenters. The molecule has 1 fully saturated rings. The molecule has 10 heteroatoms. The van der Waals surface area contributed by atoms with E-state index in [0.717, 1.165) is 56.0 Å². The third-order valence-corrected chi connectivity index (χ3v) is 9.37. The summed E-state index contributed by atoms with van der Waals surface area (Å²) < 4.78 is 7.99. The molecule has 3 N–H and O–H groups in total. The molecule has 228 valence electrons. The Balaban J connectivity index is 1.27. The number of benzene rings is 2. The smallest absolute Gasteiger partial charge is 0.417 e. The molecule has 3 amide bonds. The Bertz CT molecular complexity index is 1170. The minimum absolute atomic E-state index is 0.0350. The van der Waals surface area contributed by atoms with Crippen LogP contribution in [0, 0.1) is 5.92 Å². The summed E-state index contributed by atoms with van der Waals surface area (Å²) in [5, 5.41) is 13.0. The van der Waals surface area contributed by atoms with E-state index in [1.807, 2.05) is 23.1 Å². The summed E-state index contributed by atoms with van der Waals surface area (Å²) >= 11 is 7.05. The Labute approximate surface area is 258 Å². The van der Waals surface area contributed by atoms with Gasteiger partial charge in [-0.25, -0.2) is 4.79 Å². The van der Waals surface area contributed by atoms with Gasteiger partial charge in [0.2, 0.25) is 11.8 Å². The first-order valence-electron chi connectivity index (χ1n) is 15.0. The van der Waals surface area contributed by atoms with E-state index in [1.54, 1.807) is 18.2 Å². The van der Waals surface area contributed by atoms with E-state index in [2.05, 4.69) is 22.2 Å². The van der Waals surface area contributed by atoms with Crippen LogP contribution in [0.3, 0.4) is 0 Å².